The van der Waals surface area contributed by atoms with Gasteiger partial charge < -0.3 is 15.2 Å². The van der Waals surface area contributed by atoms with Crippen LogP contribution in [0.1, 0.15) is 50.4 Å². The molecule has 22 heavy (non-hydrogen) atoms. The first-order valence-corrected chi connectivity index (χ1v) is 7.46. The van der Waals surface area contributed by atoms with Crippen molar-refractivity contribution < 1.29 is 47.3 Å². The van der Waals surface area contributed by atoms with E-state index in [1.54, 1.807) is 20.8 Å². The molecular formula is C17H24NO3Y-. The van der Waals surface area contributed by atoms with E-state index in [1.807, 2.05) is 24.3 Å². The maximum absolute atomic E-state index is 12.0. The van der Waals surface area contributed by atoms with Crippen molar-refractivity contribution in [1.29, 1.82) is 0 Å². The summed E-state index contributed by atoms with van der Waals surface area (Å²) in [5.41, 5.74) is -0.0386. The molecule has 1 radical (unpaired) electrons. The molecule has 2 aliphatic rings. The van der Waals surface area contributed by atoms with E-state index in [4.69, 9.17) is 9.84 Å². The molecule has 1 fully saturated rings. The fourth-order valence-corrected chi connectivity index (χ4v) is 2.52. The number of hydrogen-bond acceptors (Lipinski definition) is 3. The van der Waals surface area contributed by atoms with Gasteiger partial charge in [0.15, 0.2) is 5.78 Å². The topological polar surface area (TPSA) is 60.6 Å². The van der Waals surface area contributed by atoms with E-state index in [0.717, 1.165) is 37.2 Å². The van der Waals surface area contributed by atoms with Crippen LogP contribution < -0.4 is 4.74 Å². The molecule has 2 heterocycles. The van der Waals surface area contributed by atoms with Crippen molar-refractivity contribution in [2.45, 2.75) is 51.2 Å². The van der Waals surface area contributed by atoms with Crippen LogP contribution in [0.4, 0.5) is 0 Å². The van der Waals surface area contributed by atoms with Crippen molar-refractivity contribution in [2.24, 2.45) is 0 Å². The first-order chi connectivity index (χ1) is 9.79. The average molecular weight is 379 g/mol. The second kappa shape index (κ2) is 8.00. The largest absolute Gasteiger partial charge is 0.662 e. The number of rotatable bonds is 0. The molecule has 1 spiro atoms. The summed E-state index contributed by atoms with van der Waals surface area (Å²) in [7, 11) is 0. The van der Waals surface area contributed by atoms with E-state index in [2.05, 4.69) is 5.32 Å². The third-order valence-corrected chi connectivity index (χ3v) is 3.45. The molecule has 0 atom stereocenters. The summed E-state index contributed by atoms with van der Waals surface area (Å²) in [5, 5.41) is 12.8. The van der Waals surface area contributed by atoms with Crippen LogP contribution in [0.3, 0.4) is 0 Å². The quantitative estimate of drug-likeness (QED) is 0.752. The molecular weight excluding hydrogens is 355 g/mol. The van der Waals surface area contributed by atoms with E-state index in [1.165, 1.54) is 0 Å². The molecule has 0 bridgehead atoms. The zero-order valence-electron chi connectivity index (χ0n) is 13.6. The van der Waals surface area contributed by atoms with Gasteiger partial charge in [0.1, 0.15) is 11.4 Å². The van der Waals surface area contributed by atoms with Crippen molar-refractivity contribution in [3.05, 3.63) is 35.1 Å². The van der Waals surface area contributed by atoms with Crippen LogP contribution in [0.2, 0.25) is 0 Å². The number of benzene rings is 1. The van der Waals surface area contributed by atoms with E-state index in [0.29, 0.717) is 6.42 Å². The summed E-state index contributed by atoms with van der Waals surface area (Å²) < 4.78 is 6.05. The number of para-hydroxylation sites is 1. The normalized spacial score (nSPS) is 19.2. The van der Waals surface area contributed by atoms with Crippen molar-refractivity contribution >= 4 is 5.78 Å². The number of piperidine rings is 1. The Morgan fingerprint density at radius 1 is 1.18 bits per heavy atom. The van der Waals surface area contributed by atoms with Crippen LogP contribution in [0.25, 0.3) is 5.32 Å². The number of carbonyl (C=O) groups excluding carboxylic acids is 1. The molecule has 0 aromatic heterocycles. The van der Waals surface area contributed by atoms with E-state index in [-0.39, 0.29) is 44.1 Å². The standard InChI is InChI=1S/C13H14NO2.C4H10O.Y/c15-11-9-13(5-7-14-8-6-13)16-12-4-2-1-3-10(11)12;1-4(2,3)5;/h1-4H,5-9H2;5H,1-3H3;/q-1;;. The maximum Gasteiger partial charge on any atom is 0.170 e. The summed E-state index contributed by atoms with van der Waals surface area (Å²) in [4.78, 5) is 12.0. The van der Waals surface area contributed by atoms with Crippen molar-refractivity contribution in [3.63, 3.8) is 0 Å². The van der Waals surface area contributed by atoms with E-state index < -0.39 is 5.60 Å². The van der Waals surface area contributed by atoms with Gasteiger partial charge in [0.05, 0.1) is 17.6 Å². The molecule has 1 N–H and O–H groups in total. The summed E-state index contributed by atoms with van der Waals surface area (Å²) in [6.45, 7) is 6.86. The van der Waals surface area contributed by atoms with Gasteiger partial charge in [-0.3, -0.25) is 4.79 Å². The minimum Gasteiger partial charge on any atom is -0.662 e. The second-order valence-electron chi connectivity index (χ2n) is 6.72. The number of Topliss-reactive ketones (excluding diaryl/α,β-unsaturated/α-hetero) is 1. The van der Waals surface area contributed by atoms with E-state index >= 15 is 0 Å². The van der Waals surface area contributed by atoms with Crippen LogP contribution in [-0.4, -0.2) is 35.2 Å². The maximum atomic E-state index is 12.0. The third-order valence-electron chi connectivity index (χ3n) is 3.45. The Bertz CT molecular complexity index is 499. The molecule has 4 nitrogen and oxygen atoms in total. The Labute approximate surface area is 157 Å². The monoisotopic (exact) mass is 379 g/mol. The number of nitrogens with zero attached hydrogens (tertiary/aromatic N) is 1. The summed E-state index contributed by atoms with van der Waals surface area (Å²) in [6.07, 6.45) is 2.25. The molecule has 1 saturated heterocycles. The average Bonchev–Trinajstić information content (AvgIpc) is 2.37. The molecule has 0 amide bonds. The smallest absolute Gasteiger partial charge is 0.170 e. The van der Waals surface area contributed by atoms with Crippen LogP contribution >= 0.6 is 0 Å². The Morgan fingerprint density at radius 3 is 2.32 bits per heavy atom. The van der Waals surface area contributed by atoms with Crippen LogP contribution in [-0.2, 0) is 32.7 Å². The molecule has 5 heteroatoms. The Balaban J connectivity index is 0.000000356. The predicted octanol–water partition coefficient (Wildman–Crippen LogP) is 3.33. The summed E-state index contributed by atoms with van der Waals surface area (Å²) in [5.74, 6) is 0.962. The fourth-order valence-electron chi connectivity index (χ4n) is 2.52. The van der Waals surface area contributed by atoms with Crippen LogP contribution in [0.15, 0.2) is 24.3 Å². The number of hydrogen-bond donors (Lipinski definition) is 1. The van der Waals surface area contributed by atoms with Gasteiger partial charge >= 0.3 is 0 Å². The van der Waals surface area contributed by atoms with Gasteiger partial charge in [0, 0.05) is 32.7 Å². The van der Waals surface area contributed by atoms with Gasteiger partial charge in [-0.15, -0.1) is 13.1 Å². The second-order valence-corrected chi connectivity index (χ2v) is 6.72. The molecule has 0 unspecified atom stereocenters. The summed E-state index contributed by atoms with van der Waals surface area (Å²) in [6, 6.07) is 7.53. The fraction of sp³-hybridized carbons (Fsp3) is 0.588. The number of ketones is 1. The van der Waals surface area contributed by atoms with Gasteiger partial charge in [0.2, 0.25) is 0 Å². The molecule has 0 saturated carbocycles. The number of aliphatic hydroxyl groups is 1. The van der Waals surface area contributed by atoms with Crippen LogP contribution in [0, 0.1) is 0 Å². The minimum atomic E-state index is -0.500. The molecule has 2 aliphatic heterocycles. The van der Waals surface area contributed by atoms with Gasteiger partial charge in [-0.1, -0.05) is 12.1 Å². The molecule has 1 aromatic rings. The molecule has 0 aliphatic carbocycles. The van der Waals surface area contributed by atoms with Crippen molar-refractivity contribution in [3.8, 4) is 5.75 Å². The van der Waals surface area contributed by atoms with Crippen molar-refractivity contribution in [2.75, 3.05) is 13.1 Å². The Kier molecular flexibility index (Phi) is 7.19. The number of ether oxygens (including phenoxy) is 1. The minimum absolute atomic E-state index is 0. The van der Waals surface area contributed by atoms with E-state index in [9.17, 15) is 4.79 Å². The molecule has 119 valence electrons. The van der Waals surface area contributed by atoms with Gasteiger partial charge in [0.25, 0.3) is 0 Å². The zero-order chi connectivity index (χ0) is 15.5. The Hall–Kier alpha value is -0.286. The third kappa shape index (κ3) is 5.73. The first kappa shape index (κ1) is 19.8. The number of fused-ring (bicyclic) bond motifs is 1. The summed E-state index contributed by atoms with van der Waals surface area (Å²) >= 11 is 0. The van der Waals surface area contributed by atoms with Crippen LogP contribution in [0.5, 0.6) is 5.75 Å². The first-order valence-electron chi connectivity index (χ1n) is 7.46. The zero-order valence-corrected chi connectivity index (χ0v) is 16.5. The van der Waals surface area contributed by atoms with Gasteiger partial charge in [-0.05, 0) is 45.7 Å². The van der Waals surface area contributed by atoms with Crippen molar-refractivity contribution in [1.82, 2.24) is 0 Å². The molecule has 1 aromatic carbocycles. The Morgan fingerprint density at radius 2 is 1.73 bits per heavy atom. The SMILES string of the molecule is CC(C)(C)O.O=C1CC2(CC[N-]CC2)Oc2ccccc21.[Y]. The van der Waals surface area contributed by atoms with Gasteiger partial charge in [-0.2, -0.15) is 0 Å². The predicted molar refractivity (Wildman–Crippen MR) is 83.0 cm³/mol. The number of carbonyl (C=O) groups is 1. The molecule has 3 rings (SSSR count). The van der Waals surface area contributed by atoms with Gasteiger partial charge in [-0.25, -0.2) is 0 Å².